The first kappa shape index (κ1) is 14.4. The number of rotatable bonds is 4. The number of likely N-dealkylation sites (tertiary alicyclic amines) is 1. The van der Waals surface area contributed by atoms with Gasteiger partial charge in [0.2, 0.25) is 0 Å². The number of piperidine rings is 1. The van der Waals surface area contributed by atoms with Crippen molar-refractivity contribution in [1.29, 1.82) is 0 Å². The van der Waals surface area contributed by atoms with E-state index in [0.717, 1.165) is 25.5 Å². The quantitative estimate of drug-likeness (QED) is 0.908. The van der Waals surface area contributed by atoms with Gasteiger partial charge in [-0.3, -0.25) is 4.90 Å². The molecule has 106 valence electrons. The second kappa shape index (κ2) is 6.44. The molecule has 2 rings (SSSR count). The van der Waals surface area contributed by atoms with Gasteiger partial charge in [0, 0.05) is 24.2 Å². The highest BCUT2D eigenvalue weighted by atomic mass is 19.2. The van der Waals surface area contributed by atoms with Crippen molar-refractivity contribution in [1.82, 2.24) is 4.90 Å². The van der Waals surface area contributed by atoms with Gasteiger partial charge in [0.15, 0.2) is 11.6 Å². The molecule has 2 N–H and O–H groups in total. The van der Waals surface area contributed by atoms with Crippen LogP contribution in [0, 0.1) is 11.6 Å². The molecule has 0 saturated carbocycles. The topological polar surface area (TPSA) is 29.3 Å². The molecule has 0 spiro atoms. The van der Waals surface area contributed by atoms with Gasteiger partial charge in [-0.05, 0) is 31.9 Å². The van der Waals surface area contributed by atoms with Crippen LogP contribution in [0.25, 0.3) is 0 Å². The molecule has 1 aliphatic rings. The Bertz CT molecular complexity index is 423. The normalized spacial score (nSPS) is 22.4. The first-order valence-electron chi connectivity index (χ1n) is 7.07. The minimum absolute atomic E-state index is 0.278. The number of nitrogens with zero attached hydrogens (tertiary/aromatic N) is 1. The van der Waals surface area contributed by atoms with E-state index in [0.29, 0.717) is 12.6 Å². The second-order valence-corrected chi connectivity index (χ2v) is 5.30. The highest BCUT2D eigenvalue weighted by Gasteiger charge is 2.24. The molecule has 1 aliphatic heterocycles. The van der Waals surface area contributed by atoms with Crippen LogP contribution in [0.3, 0.4) is 0 Å². The zero-order chi connectivity index (χ0) is 13.8. The third-order valence-corrected chi connectivity index (χ3v) is 4.03. The molecule has 0 aromatic heterocycles. The monoisotopic (exact) mass is 268 g/mol. The minimum Gasteiger partial charge on any atom is -0.323 e. The zero-order valence-corrected chi connectivity index (χ0v) is 11.4. The lowest BCUT2D eigenvalue weighted by Gasteiger charge is -2.36. The van der Waals surface area contributed by atoms with Crippen molar-refractivity contribution in [3.8, 4) is 0 Å². The SMILES string of the molecule is CCC1CCCCN1CC(N)c1cccc(F)c1F. The summed E-state index contributed by atoms with van der Waals surface area (Å²) in [5.74, 6) is -1.63. The Hall–Kier alpha value is -1.00. The van der Waals surface area contributed by atoms with Gasteiger partial charge in [0.05, 0.1) is 0 Å². The molecule has 1 aromatic carbocycles. The number of nitrogens with two attached hydrogens (primary N) is 1. The lowest BCUT2D eigenvalue weighted by atomic mass is 9.98. The summed E-state index contributed by atoms with van der Waals surface area (Å²) in [5, 5.41) is 0. The molecule has 0 aliphatic carbocycles. The van der Waals surface area contributed by atoms with E-state index in [1.165, 1.54) is 18.9 Å². The van der Waals surface area contributed by atoms with Gasteiger partial charge in [-0.15, -0.1) is 0 Å². The van der Waals surface area contributed by atoms with Crippen LogP contribution in [0.4, 0.5) is 8.78 Å². The fraction of sp³-hybridized carbons (Fsp3) is 0.600. The molecule has 1 fully saturated rings. The largest absolute Gasteiger partial charge is 0.323 e. The number of hydrogen-bond donors (Lipinski definition) is 1. The van der Waals surface area contributed by atoms with Crippen molar-refractivity contribution < 1.29 is 8.78 Å². The fourth-order valence-electron chi connectivity index (χ4n) is 2.92. The summed E-state index contributed by atoms with van der Waals surface area (Å²) >= 11 is 0. The molecule has 2 unspecified atom stereocenters. The summed E-state index contributed by atoms with van der Waals surface area (Å²) in [6, 6.07) is 4.27. The standard InChI is InChI=1S/C15H22F2N2/c1-2-11-6-3-4-9-19(11)10-14(18)12-7-5-8-13(16)15(12)17/h5,7-8,11,14H,2-4,6,9-10,18H2,1H3. The van der Waals surface area contributed by atoms with Crippen LogP contribution in [0.15, 0.2) is 18.2 Å². The smallest absolute Gasteiger partial charge is 0.163 e. The first-order chi connectivity index (χ1) is 9.13. The number of hydrogen-bond acceptors (Lipinski definition) is 2. The minimum atomic E-state index is -0.821. The summed E-state index contributed by atoms with van der Waals surface area (Å²) in [6.07, 6.45) is 4.67. The van der Waals surface area contributed by atoms with Gasteiger partial charge < -0.3 is 5.73 Å². The van der Waals surface area contributed by atoms with Crippen LogP contribution < -0.4 is 5.73 Å². The Morgan fingerprint density at radius 3 is 2.89 bits per heavy atom. The van der Waals surface area contributed by atoms with Gasteiger partial charge >= 0.3 is 0 Å². The predicted octanol–water partition coefficient (Wildman–Crippen LogP) is 3.23. The van der Waals surface area contributed by atoms with Crippen molar-refractivity contribution in [2.75, 3.05) is 13.1 Å². The van der Waals surface area contributed by atoms with Crippen LogP contribution in [-0.4, -0.2) is 24.0 Å². The molecular weight excluding hydrogens is 246 g/mol. The maximum atomic E-state index is 13.7. The summed E-state index contributed by atoms with van der Waals surface area (Å²) in [6.45, 7) is 3.76. The molecule has 2 nitrogen and oxygen atoms in total. The third-order valence-electron chi connectivity index (χ3n) is 4.03. The van der Waals surface area contributed by atoms with E-state index in [2.05, 4.69) is 11.8 Å². The third kappa shape index (κ3) is 3.31. The lowest BCUT2D eigenvalue weighted by Crippen LogP contribution is -2.43. The maximum Gasteiger partial charge on any atom is 0.163 e. The van der Waals surface area contributed by atoms with Crippen molar-refractivity contribution in [3.05, 3.63) is 35.4 Å². The Morgan fingerprint density at radius 2 is 2.16 bits per heavy atom. The van der Waals surface area contributed by atoms with Crippen LogP contribution in [-0.2, 0) is 0 Å². The number of halogens is 2. The van der Waals surface area contributed by atoms with E-state index in [9.17, 15) is 8.78 Å². The molecule has 0 radical (unpaired) electrons. The second-order valence-electron chi connectivity index (χ2n) is 5.30. The molecule has 4 heteroatoms. The van der Waals surface area contributed by atoms with Gasteiger partial charge in [-0.2, -0.15) is 0 Å². The molecule has 1 aromatic rings. The van der Waals surface area contributed by atoms with E-state index in [1.54, 1.807) is 6.07 Å². The molecular formula is C15H22F2N2. The van der Waals surface area contributed by atoms with Crippen LogP contribution in [0.1, 0.15) is 44.2 Å². The summed E-state index contributed by atoms with van der Waals surface area (Å²) < 4.78 is 26.9. The van der Waals surface area contributed by atoms with E-state index in [-0.39, 0.29) is 5.56 Å². The average molecular weight is 268 g/mol. The number of benzene rings is 1. The van der Waals surface area contributed by atoms with Crippen molar-refractivity contribution in [3.63, 3.8) is 0 Å². The Morgan fingerprint density at radius 1 is 1.37 bits per heavy atom. The van der Waals surface area contributed by atoms with E-state index < -0.39 is 17.7 Å². The summed E-state index contributed by atoms with van der Waals surface area (Å²) in [4.78, 5) is 2.32. The molecule has 1 heterocycles. The molecule has 0 bridgehead atoms. The van der Waals surface area contributed by atoms with Crippen molar-refractivity contribution in [2.24, 2.45) is 5.73 Å². The Labute approximate surface area is 113 Å². The van der Waals surface area contributed by atoms with E-state index >= 15 is 0 Å². The molecule has 2 atom stereocenters. The molecule has 19 heavy (non-hydrogen) atoms. The highest BCUT2D eigenvalue weighted by molar-refractivity contribution is 5.22. The average Bonchev–Trinajstić information content (AvgIpc) is 2.42. The maximum absolute atomic E-state index is 13.7. The Balaban J connectivity index is 2.07. The van der Waals surface area contributed by atoms with Crippen molar-refractivity contribution in [2.45, 2.75) is 44.7 Å². The fourth-order valence-corrected chi connectivity index (χ4v) is 2.92. The van der Waals surface area contributed by atoms with Crippen LogP contribution in [0.5, 0.6) is 0 Å². The summed E-state index contributed by atoms with van der Waals surface area (Å²) in [7, 11) is 0. The van der Waals surface area contributed by atoms with Gasteiger partial charge in [0.25, 0.3) is 0 Å². The van der Waals surface area contributed by atoms with Crippen LogP contribution >= 0.6 is 0 Å². The van der Waals surface area contributed by atoms with Gasteiger partial charge in [0.1, 0.15) is 0 Å². The van der Waals surface area contributed by atoms with Crippen molar-refractivity contribution >= 4 is 0 Å². The van der Waals surface area contributed by atoms with Crippen LogP contribution in [0.2, 0.25) is 0 Å². The zero-order valence-electron chi connectivity index (χ0n) is 11.4. The van der Waals surface area contributed by atoms with Gasteiger partial charge in [-0.25, -0.2) is 8.78 Å². The molecule has 1 saturated heterocycles. The van der Waals surface area contributed by atoms with Gasteiger partial charge in [-0.1, -0.05) is 25.5 Å². The first-order valence-corrected chi connectivity index (χ1v) is 7.07. The Kier molecular flexibility index (Phi) is 4.88. The highest BCUT2D eigenvalue weighted by Crippen LogP contribution is 2.24. The summed E-state index contributed by atoms with van der Waals surface area (Å²) in [5.41, 5.74) is 6.34. The molecule has 0 amide bonds. The predicted molar refractivity (Wildman–Crippen MR) is 72.8 cm³/mol. The van der Waals surface area contributed by atoms with E-state index in [4.69, 9.17) is 5.73 Å². The van der Waals surface area contributed by atoms with E-state index in [1.807, 2.05) is 0 Å². The lowest BCUT2D eigenvalue weighted by molar-refractivity contribution is 0.135.